The highest BCUT2D eigenvalue weighted by molar-refractivity contribution is 5.71. The minimum absolute atomic E-state index is 0.0904. The number of rotatable bonds is 2. The molecule has 4 aliphatic carbocycles. The molecule has 4 aliphatic rings. The summed E-state index contributed by atoms with van der Waals surface area (Å²) in [6.07, 6.45) is 9.37. The number of ether oxygens (including phenoxy) is 2. The van der Waals surface area contributed by atoms with E-state index in [9.17, 15) is 9.59 Å². The van der Waals surface area contributed by atoms with Crippen molar-refractivity contribution in [3.63, 3.8) is 0 Å². The fourth-order valence-electron chi connectivity index (χ4n) is 8.67. The molecular weight excluding hydrogens is 400 g/mol. The van der Waals surface area contributed by atoms with Gasteiger partial charge in [0, 0.05) is 19.4 Å². The van der Waals surface area contributed by atoms with Crippen LogP contribution in [0.3, 0.4) is 0 Å². The van der Waals surface area contributed by atoms with Crippen LogP contribution in [-0.4, -0.2) is 18.0 Å². The monoisotopic (exact) mass is 438 g/mol. The molecule has 0 saturated heterocycles. The predicted octanol–water partition coefficient (Wildman–Crippen LogP) is 5.91. The van der Waals surface area contributed by atoms with E-state index in [-0.39, 0.29) is 23.5 Å². The molecule has 4 nitrogen and oxygen atoms in total. The van der Waals surface area contributed by atoms with Crippen molar-refractivity contribution in [3.05, 3.63) is 28.8 Å². The van der Waals surface area contributed by atoms with E-state index in [1.165, 1.54) is 62.6 Å². The summed E-state index contributed by atoms with van der Waals surface area (Å²) >= 11 is 0. The van der Waals surface area contributed by atoms with E-state index >= 15 is 0 Å². The molecule has 0 bridgehead atoms. The van der Waals surface area contributed by atoms with Crippen molar-refractivity contribution >= 4 is 11.9 Å². The molecule has 7 atom stereocenters. The van der Waals surface area contributed by atoms with E-state index in [0.717, 1.165) is 36.8 Å². The maximum absolute atomic E-state index is 11.9. The summed E-state index contributed by atoms with van der Waals surface area (Å²) in [5, 5.41) is 0. The first-order valence-corrected chi connectivity index (χ1v) is 12.6. The SMILES string of the molecule is CC(=O)Oc1cc(C)cc2c1[C@]1(C)CC[C@@H]3[C@H](CC[C@H]4C[C@@H](OC(C)=O)CC[C@@]43C)[C@@H]1C2. The molecule has 4 heteroatoms. The van der Waals surface area contributed by atoms with Gasteiger partial charge in [0.25, 0.3) is 0 Å². The lowest BCUT2D eigenvalue weighted by molar-refractivity contribution is -0.157. The van der Waals surface area contributed by atoms with Gasteiger partial charge in [-0.15, -0.1) is 0 Å². The normalized spacial score (nSPS) is 39.8. The third-order valence-corrected chi connectivity index (χ3v) is 9.93. The predicted molar refractivity (Wildman–Crippen MR) is 123 cm³/mol. The molecule has 3 fully saturated rings. The summed E-state index contributed by atoms with van der Waals surface area (Å²) in [4.78, 5) is 23.4. The first-order chi connectivity index (χ1) is 15.1. The first kappa shape index (κ1) is 22.0. The summed E-state index contributed by atoms with van der Waals surface area (Å²) in [7, 11) is 0. The number of hydrogen-bond donors (Lipinski definition) is 0. The molecule has 0 aliphatic heterocycles. The van der Waals surface area contributed by atoms with Gasteiger partial charge < -0.3 is 9.47 Å². The average Bonchev–Trinajstić information content (AvgIpc) is 2.99. The summed E-state index contributed by atoms with van der Waals surface area (Å²) < 4.78 is 11.4. The Morgan fingerprint density at radius 1 is 0.969 bits per heavy atom. The molecule has 0 amide bonds. The highest BCUT2D eigenvalue weighted by Crippen LogP contribution is 2.66. The van der Waals surface area contributed by atoms with E-state index in [1.54, 1.807) is 0 Å². The Balaban J connectivity index is 1.44. The summed E-state index contributed by atoms with van der Waals surface area (Å²) in [5.41, 5.74) is 4.34. The highest BCUT2D eigenvalue weighted by Gasteiger charge is 2.60. The van der Waals surface area contributed by atoms with Gasteiger partial charge >= 0.3 is 11.9 Å². The molecule has 5 rings (SSSR count). The van der Waals surface area contributed by atoms with E-state index in [2.05, 4.69) is 32.9 Å². The van der Waals surface area contributed by atoms with Gasteiger partial charge in [-0.2, -0.15) is 0 Å². The molecule has 0 radical (unpaired) electrons. The zero-order valence-corrected chi connectivity index (χ0v) is 20.3. The molecule has 174 valence electrons. The van der Waals surface area contributed by atoms with Crippen LogP contribution in [0.4, 0.5) is 0 Å². The van der Waals surface area contributed by atoms with Crippen molar-refractivity contribution in [2.75, 3.05) is 0 Å². The molecule has 0 unspecified atom stereocenters. The van der Waals surface area contributed by atoms with Crippen molar-refractivity contribution in [3.8, 4) is 5.75 Å². The van der Waals surface area contributed by atoms with E-state index in [1.807, 2.05) is 0 Å². The minimum atomic E-state index is -0.226. The number of carbonyl (C=O) groups is 2. The maximum atomic E-state index is 11.9. The van der Waals surface area contributed by atoms with Gasteiger partial charge in [0.2, 0.25) is 0 Å². The molecule has 0 heterocycles. The van der Waals surface area contributed by atoms with Crippen LogP contribution in [0.2, 0.25) is 0 Å². The van der Waals surface area contributed by atoms with Crippen LogP contribution in [0.5, 0.6) is 5.75 Å². The van der Waals surface area contributed by atoms with Crippen molar-refractivity contribution in [2.24, 2.45) is 29.1 Å². The standard InChI is InChI=1S/C28H38O4/c1-16-12-19-14-24-22-7-6-20-15-21(31-17(2)29)8-10-27(20,4)23(22)9-11-28(24,5)26(19)25(13-16)32-18(3)30/h12-13,20-24H,6-11,14-15H2,1-5H3/t20-,21-,22-,23+,24-,27-,28+/m0/s1. The topological polar surface area (TPSA) is 52.6 Å². The van der Waals surface area contributed by atoms with Crippen molar-refractivity contribution in [2.45, 2.75) is 97.5 Å². The molecule has 0 N–H and O–H groups in total. The van der Waals surface area contributed by atoms with Crippen LogP contribution in [0, 0.1) is 36.0 Å². The van der Waals surface area contributed by atoms with Gasteiger partial charge in [-0.3, -0.25) is 9.59 Å². The quantitative estimate of drug-likeness (QED) is 0.426. The molecule has 0 aromatic heterocycles. The Morgan fingerprint density at radius 2 is 1.75 bits per heavy atom. The van der Waals surface area contributed by atoms with Gasteiger partial charge in [0.1, 0.15) is 11.9 Å². The molecule has 32 heavy (non-hydrogen) atoms. The van der Waals surface area contributed by atoms with E-state index < -0.39 is 0 Å². The average molecular weight is 439 g/mol. The van der Waals surface area contributed by atoms with Crippen LogP contribution in [0.25, 0.3) is 0 Å². The first-order valence-electron chi connectivity index (χ1n) is 12.6. The van der Waals surface area contributed by atoms with Gasteiger partial charge in [-0.1, -0.05) is 19.9 Å². The Kier molecular flexibility index (Phi) is 5.22. The number of carbonyl (C=O) groups excluding carboxylic acids is 2. The van der Waals surface area contributed by atoms with Crippen LogP contribution < -0.4 is 4.74 Å². The maximum Gasteiger partial charge on any atom is 0.308 e. The highest BCUT2D eigenvalue weighted by atomic mass is 16.5. The third-order valence-electron chi connectivity index (χ3n) is 9.93. The minimum Gasteiger partial charge on any atom is -0.463 e. The lowest BCUT2D eigenvalue weighted by Gasteiger charge is -2.60. The van der Waals surface area contributed by atoms with E-state index in [0.29, 0.717) is 17.3 Å². The lowest BCUT2D eigenvalue weighted by Crippen LogP contribution is -2.54. The Hall–Kier alpha value is -1.84. The molecule has 3 saturated carbocycles. The van der Waals surface area contributed by atoms with Gasteiger partial charge in [0.05, 0.1) is 0 Å². The van der Waals surface area contributed by atoms with E-state index in [4.69, 9.17) is 9.47 Å². The Labute approximate surface area is 192 Å². The van der Waals surface area contributed by atoms with Crippen LogP contribution >= 0.6 is 0 Å². The van der Waals surface area contributed by atoms with Gasteiger partial charge in [0.15, 0.2) is 0 Å². The lowest BCUT2D eigenvalue weighted by atomic mass is 9.45. The summed E-state index contributed by atoms with van der Waals surface area (Å²) in [6, 6.07) is 4.40. The zero-order chi connectivity index (χ0) is 22.8. The van der Waals surface area contributed by atoms with Gasteiger partial charge in [-0.25, -0.2) is 0 Å². The number of benzene rings is 1. The summed E-state index contributed by atoms with van der Waals surface area (Å²) in [6.45, 7) is 10.1. The fourth-order valence-corrected chi connectivity index (χ4v) is 8.67. The largest absolute Gasteiger partial charge is 0.463 e. The molecule has 1 aromatic carbocycles. The third kappa shape index (κ3) is 3.31. The van der Waals surface area contributed by atoms with Crippen LogP contribution in [0.1, 0.15) is 89.3 Å². The zero-order valence-electron chi connectivity index (χ0n) is 20.3. The van der Waals surface area contributed by atoms with Crippen LogP contribution in [0.15, 0.2) is 12.1 Å². The smallest absolute Gasteiger partial charge is 0.308 e. The molecule has 1 aromatic rings. The number of fused-ring (bicyclic) bond motifs is 7. The van der Waals surface area contributed by atoms with Gasteiger partial charge in [-0.05, 0) is 110 Å². The van der Waals surface area contributed by atoms with Crippen molar-refractivity contribution in [1.29, 1.82) is 0 Å². The van der Waals surface area contributed by atoms with Crippen LogP contribution in [-0.2, 0) is 26.2 Å². The van der Waals surface area contributed by atoms with Crippen molar-refractivity contribution < 1.29 is 19.1 Å². The Morgan fingerprint density at radius 3 is 2.47 bits per heavy atom. The second-order valence-electron chi connectivity index (χ2n) is 11.7. The molecule has 0 spiro atoms. The summed E-state index contributed by atoms with van der Waals surface area (Å²) in [5.74, 6) is 3.19. The Bertz CT molecular complexity index is 951. The fraction of sp³-hybridized carbons (Fsp3) is 0.714. The number of aryl methyl sites for hydroxylation is 1. The van der Waals surface area contributed by atoms with Crippen molar-refractivity contribution in [1.82, 2.24) is 0 Å². The number of hydrogen-bond acceptors (Lipinski definition) is 4. The second kappa shape index (κ2) is 7.60. The second-order valence-corrected chi connectivity index (χ2v) is 11.7. The number of esters is 2. The molecular formula is C28H38O4.